The van der Waals surface area contributed by atoms with Crippen molar-refractivity contribution in [2.45, 2.75) is 50.9 Å². The van der Waals surface area contributed by atoms with E-state index in [0.717, 1.165) is 5.56 Å². The quantitative estimate of drug-likeness (QED) is 0.269. The van der Waals surface area contributed by atoms with Gasteiger partial charge in [0.1, 0.15) is 28.7 Å². The number of nitrogens with zero attached hydrogens (tertiary/aromatic N) is 1. The Balaban J connectivity index is 1.42. The van der Waals surface area contributed by atoms with Crippen LogP contribution >= 0.6 is 0 Å². The molecule has 0 aliphatic heterocycles. The van der Waals surface area contributed by atoms with Crippen LogP contribution in [-0.2, 0) is 19.1 Å². The minimum absolute atomic E-state index is 0.0806. The predicted molar refractivity (Wildman–Crippen MR) is 157 cm³/mol. The number of benzene rings is 2. The molecule has 9 heteroatoms. The summed E-state index contributed by atoms with van der Waals surface area (Å²) < 4.78 is 17.3. The number of fused-ring (bicyclic) bond motifs is 1. The van der Waals surface area contributed by atoms with Crippen LogP contribution in [0.5, 0.6) is 11.5 Å². The Bertz CT molecular complexity index is 1590. The zero-order valence-electron chi connectivity index (χ0n) is 24.0. The number of pyridine rings is 1. The maximum absolute atomic E-state index is 13.5. The summed E-state index contributed by atoms with van der Waals surface area (Å²) in [5, 5.41) is 13.5. The highest BCUT2D eigenvalue weighted by atomic mass is 16.6. The number of hydrogen-bond acceptors (Lipinski definition) is 7. The minimum atomic E-state index is -1.26. The van der Waals surface area contributed by atoms with Crippen molar-refractivity contribution in [1.82, 2.24) is 10.3 Å². The number of esters is 1. The van der Waals surface area contributed by atoms with Gasteiger partial charge in [-0.25, -0.2) is 14.6 Å². The van der Waals surface area contributed by atoms with Gasteiger partial charge in [0.15, 0.2) is 0 Å². The molecule has 9 nitrogen and oxygen atoms in total. The summed E-state index contributed by atoms with van der Waals surface area (Å²) in [7, 11) is 1.58. The first kappa shape index (κ1) is 28.9. The Kier molecular flexibility index (Phi) is 7.53. The van der Waals surface area contributed by atoms with E-state index in [0.29, 0.717) is 34.5 Å². The number of nitrogens with one attached hydrogen (secondary N) is 1. The van der Waals surface area contributed by atoms with E-state index in [1.54, 1.807) is 46.1 Å². The Morgan fingerprint density at radius 1 is 1.12 bits per heavy atom. The van der Waals surface area contributed by atoms with Gasteiger partial charge in [0.05, 0.1) is 24.2 Å². The van der Waals surface area contributed by atoms with Crippen molar-refractivity contribution >= 4 is 28.7 Å². The molecule has 1 aromatic heterocycles. The first-order valence-electron chi connectivity index (χ1n) is 13.8. The summed E-state index contributed by atoms with van der Waals surface area (Å²) >= 11 is 0. The van der Waals surface area contributed by atoms with Crippen molar-refractivity contribution in [3.05, 3.63) is 78.9 Å². The zero-order chi connectivity index (χ0) is 30.2. The van der Waals surface area contributed by atoms with Gasteiger partial charge in [0, 0.05) is 41.0 Å². The van der Waals surface area contributed by atoms with E-state index in [1.165, 1.54) is 6.08 Å². The second kappa shape index (κ2) is 11.0. The van der Waals surface area contributed by atoms with E-state index < -0.39 is 41.0 Å². The minimum Gasteiger partial charge on any atom is -0.497 e. The van der Waals surface area contributed by atoms with Gasteiger partial charge >= 0.3 is 11.9 Å². The van der Waals surface area contributed by atoms with Crippen molar-refractivity contribution in [3.8, 4) is 22.8 Å². The molecule has 2 N–H and O–H groups in total. The molecule has 1 amide bonds. The third-order valence-electron chi connectivity index (χ3n) is 7.51. The molecule has 0 radical (unpaired) electrons. The molecule has 0 saturated heterocycles. The van der Waals surface area contributed by atoms with Gasteiger partial charge in [-0.05, 0) is 45.4 Å². The Morgan fingerprint density at radius 2 is 1.86 bits per heavy atom. The average molecular weight is 571 g/mol. The van der Waals surface area contributed by atoms with E-state index in [4.69, 9.17) is 19.2 Å². The summed E-state index contributed by atoms with van der Waals surface area (Å²) in [4.78, 5) is 43.6. The van der Waals surface area contributed by atoms with Crippen molar-refractivity contribution in [2.24, 2.45) is 11.8 Å². The molecule has 2 aliphatic rings. The topological polar surface area (TPSA) is 124 Å². The molecular formula is C33H34N2O7. The van der Waals surface area contributed by atoms with E-state index in [-0.39, 0.29) is 17.9 Å². The van der Waals surface area contributed by atoms with Crippen LogP contribution in [0.4, 0.5) is 0 Å². The monoisotopic (exact) mass is 570 g/mol. The lowest BCUT2D eigenvalue weighted by atomic mass is 9.99. The van der Waals surface area contributed by atoms with Crippen LogP contribution in [0.25, 0.3) is 22.2 Å². The standard InChI is InChI=1S/C33H34N2O7/c1-6-20-18-33(20,31(39)42-32(2,3)4)35-29(36)24-14-22(15-25(24)30(37)38)41-28-17-26(19-10-8-7-9-11-19)34-27-16-21(40-5)12-13-23(27)28/h6-13,15-17,20,22,24H,1,14,18H2,2-5H3,(H,35,36)(H,37,38)/t20-,22?,24?,33-/m1/s1. The molecule has 1 heterocycles. The lowest BCUT2D eigenvalue weighted by Gasteiger charge is -2.26. The SMILES string of the molecule is C=C[C@@H]1C[C@]1(NC(=O)C1CC(Oc2cc(-c3ccccc3)nc3cc(OC)ccc23)C=C1C(=O)O)C(=O)OC(C)(C)C. The van der Waals surface area contributed by atoms with Crippen molar-refractivity contribution in [1.29, 1.82) is 0 Å². The maximum atomic E-state index is 13.5. The third-order valence-corrected chi connectivity index (χ3v) is 7.51. The second-order valence-electron chi connectivity index (χ2n) is 11.6. The summed E-state index contributed by atoms with van der Waals surface area (Å²) in [6.45, 7) is 9.01. The first-order valence-corrected chi connectivity index (χ1v) is 13.8. The van der Waals surface area contributed by atoms with E-state index >= 15 is 0 Å². The van der Waals surface area contributed by atoms with Crippen LogP contribution in [0.2, 0.25) is 0 Å². The highest BCUT2D eigenvalue weighted by Crippen LogP contribution is 2.47. The van der Waals surface area contributed by atoms with Crippen LogP contribution in [0.3, 0.4) is 0 Å². The highest BCUT2D eigenvalue weighted by Gasteiger charge is 2.62. The normalized spacial score (nSPS) is 23.0. The molecule has 4 atom stereocenters. The molecule has 0 bridgehead atoms. The van der Waals surface area contributed by atoms with Gasteiger partial charge in [-0.15, -0.1) is 6.58 Å². The summed E-state index contributed by atoms with van der Waals surface area (Å²) in [5.41, 5.74) is 0.0903. The number of carboxylic acids is 1. The molecule has 0 spiro atoms. The maximum Gasteiger partial charge on any atom is 0.333 e. The number of hydrogen-bond donors (Lipinski definition) is 2. The number of carboxylic acid groups (broad SMARTS) is 1. The van der Waals surface area contributed by atoms with Crippen LogP contribution in [0.15, 0.2) is 78.9 Å². The Labute approximate surface area is 244 Å². The van der Waals surface area contributed by atoms with E-state index in [9.17, 15) is 19.5 Å². The lowest BCUT2D eigenvalue weighted by molar-refractivity contribution is -0.160. The van der Waals surface area contributed by atoms with E-state index in [1.807, 2.05) is 42.5 Å². The van der Waals surface area contributed by atoms with Crippen LogP contribution in [-0.4, -0.2) is 52.3 Å². The summed E-state index contributed by atoms with van der Waals surface area (Å²) in [6.07, 6.45) is 2.77. The highest BCUT2D eigenvalue weighted by molar-refractivity contribution is 6.00. The van der Waals surface area contributed by atoms with Gasteiger partial charge < -0.3 is 24.6 Å². The number of carbonyl (C=O) groups is 3. The van der Waals surface area contributed by atoms with Gasteiger partial charge in [0.2, 0.25) is 5.91 Å². The fraction of sp³-hybridized carbons (Fsp3) is 0.333. The smallest absolute Gasteiger partial charge is 0.333 e. The second-order valence-corrected chi connectivity index (χ2v) is 11.6. The molecule has 1 saturated carbocycles. The van der Waals surface area contributed by atoms with Gasteiger partial charge in [-0.3, -0.25) is 4.79 Å². The number of carbonyl (C=O) groups excluding carboxylic acids is 2. The summed E-state index contributed by atoms with van der Waals surface area (Å²) in [6, 6.07) is 16.9. The van der Waals surface area contributed by atoms with E-state index in [2.05, 4.69) is 11.9 Å². The number of methoxy groups -OCH3 is 1. The zero-order valence-corrected chi connectivity index (χ0v) is 24.0. The van der Waals surface area contributed by atoms with Gasteiger partial charge in [0.25, 0.3) is 0 Å². The Hall–Kier alpha value is -4.66. The number of ether oxygens (including phenoxy) is 3. The first-order chi connectivity index (χ1) is 19.9. The molecular weight excluding hydrogens is 536 g/mol. The molecule has 3 aromatic rings. The average Bonchev–Trinajstić information content (AvgIpc) is 3.50. The molecule has 42 heavy (non-hydrogen) atoms. The predicted octanol–water partition coefficient (Wildman–Crippen LogP) is 5.09. The molecule has 2 unspecified atom stereocenters. The fourth-order valence-electron chi connectivity index (χ4n) is 5.29. The molecule has 2 aliphatic carbocycles. The van der Waals surface area contributed by atoms with Crippen LogP contribution < -0.4 is 14.8 Å². The molecule has 218 valence electrons. The van der Waals surface area contributed by atoms with Gasteiger partial charge in [-0.1, -0.05) is 36.4 Å². The number of amides is 1. The van der Waals surface area contributed by atoms with Crippen molar-refractivity contribution in [2.75, 3.05) is 7.11 Å². The summed E-state index contributed by atoms with van der Waals surface area (Å²) in [5.74, 6) is -2.57. The lowest BCUT2D eigenvalue weighted by Crippen LogP contribution is -2.50. The molecule has 2 aromatic carbocycles. The fourth-order valence-corrected chi connectivity index (χ4v) is 5.29. The van der Waals surface area contributed by atoms with Gasteiger partial charge in [-0.2, -0.15) is 0 Å². The van der Waals surface area contributed by atoms with Crippen molar-refractivity contribution < 1.29 is 33.7 Å². The number of aliphatic carboxylic acids is 1. The molecule has 1 fully saturated rings. The Morgan fingerprint density at radius 3 is 2.48 bits per heavy atom. The number of rotatable bonds is 9. The third kappa shape index (κ3) is 5.72. The van der Waals surface area contributed by atoms with Crippen LogP contribution in [0.1, 0.15) is 33.6 Å². The number of aromatic nitrogens is 1. The van der Waals surface area contributed by atoms with Crippen LogP contribution in [0, 0.1) is 11.8 Å². The largest absolute Gasteiger partial charge is 0.497 e. The molecule has 5 rings (SSSR count). The van der Waals surface area contributed by atoms with Crippen molar-refractivity contribution in [3.63, 3.8) is 0 Å².